The first-order valence-corrected chi connectivity index (χ1v) is 18.2. The van der Waals surface area contributed by atoms with Crippen molar-refractivity contribution in [3.8, 4) is 5.69 Å². The fourth-order valence-corrected chi connectivity index (χ4v) is 8.00. The SMILES string of the molecule is CCSc1nnc(NC(=O)CSc2nnc(CNC(=O)c3ccc(S(=O)(=O)N(CC)CC)cc3)n2-c2ccc(Br)cc2)s1. The molecule has 0 saturated heterocycles. The molecule has 0 saturated carbocycles. The summed E-state index contributed by atoms with van der Waals surface area (Å²) in [4.78, 5) is 25.7. The number of nitrogens with zero attached hydrogens (tertiary/aromatic N) is 6. The molecule has 43 heavy (non-hydrogen) atoms. The van der Waals surface area contributed by atoms with Crippen LogP contribution in [-0.4, -0.2) is 74.1 Å². The molecule has 2 N–H and O–H groups in total. The Morgan fingerprint density at radius 2 is 1.65 bits per heavy atom. The molecule has 17 heteroatoms. The summed E-state index contributed by atoms with van der Waals surface area (Å²) in [5.41, 5.74) is 1.05. The number of anilines is 1. The van der Waals surface area contributed by atoms with Gasteiger partial charge in [-0.1, -0.05) is 71.6 Å². The van der Waals surface area contributed by atoms with Gasteiger partial charge in [-0.25, -0.2) is 8.42 Å². The van der Waals surface area contributed by atoms with E-state index in [1.165, 1.54) is 51.7 Å². The summed E-state index contributed by atoms with van der Waals surface area (Å²) in [6.45, 7) is 6.31. The van der Waals surface area contributed by atoms with Gasteiger partial charge in [-0.05, 0) is 54.3 Å². The van der Waals surface area contributed by atoms with Crippen molar-refractivity contribution in [2.45, 2.75) is 41.7 Å². The summed E-state index contributed by atoms with van der Waals surface area (Å²) in [6.07, 6.45) is 0. The zero-order valence-corrected chi connectivity index (χ0v) is 28.3. The number of amides is 2. The van der Waals surface area contributed by atoms with E-state index in [1.807, 2.05) is 31.2 Å². The van der Waals surface area contributed by atoms with E-state index in [1.54, 1.807) is 30.2 Å². The van der Waals surface area contributed by atoms with Crippen LogP contribution in [-0.2, 0) is 21.4 Å². The van der Waals surface area contributed by atoms with Crippen LogP contribution in [0.1, 0.15) is 37.0 Å². The maximum Gasteiger partial charge on any atom is 0.251 e. The van der Waals surface area contributed by atoms with Crippen molar-refractivity contribution >= 4 is 77.8 Å². The maximum atomic E-state index is 13.0. The van der Waals surface area contributed by atoms with E-state index < -0.39 is 15.9 Å². The second-order valence-corrected chi connectivity index (χ2v) is 14.9. The molecular formula is C26H29BrN8O4S4. The third-order valence-electron chi connectivity index (χ3n) is 5.90. The van der Waals surface area contributed by atoms with Crippen LogP contribution in [0.15, 0.2) is 67.4 Å². The van der Waals surface area contributed by atoms with E-state index in [0.29, 0.717) is 34.8 Å². The number of nitrogens with one attached hydrogen (secondary N) is 2. The Hall–Kier alpha value is -2.83. The highest BCUT2D eigenvalue weighted by atomic mass is 79.9. The predicted octanol–water partition coefficient (Wildman–Crippen LogP) is 4.68. The summed E-state index contributed by atoms with van der Waals surface area (Å²) in [7, 11) is -3.63. The number of rotatable bonds is 14. The molecule has 228 valence electrons. The number of halogens is 1. The lowest BCUT2D eigenvalue weighted by molar-refractivity contribution is -0.113. The highest BCUT2D eigenvalue weighted by molar-refractivity contribution is 9.10. The van der Waals surface area contributed by atoms with Crippen LogP contribution in [0.2, 0.25) is 0 Å². The molecular weight excluding hydrogens is 697 g/mol. The normalized spacial score (nSPS) is 11.6. The maximum absolute atomic E-state index is 13.0. The smallest absolute Gasteiger partial charge is 0.251 e. The monoisotopic (exact) mass is 724 g/mol. The van der Waals surface area contributed by atoms with Gasteiger partial charge in [0.2, 0.25) is 21.1 Å². The Kier molecular flexibility index (Phi) is 11.7. The number of thioether (sulfide) groups is 2. The standard InChI is InChI=1S/C26H29BrN8O4S4/c1-4-34(5-2)43(38,39)20-13-7-17(8-14-20)23(37)28-15-21-30-32-25(35(21)19-11-9-18(27)10-12-19)41-16-22(36)29-24-31-33-26(42-24)40-6-3/h7-14H,4-6,15-16H2,1-3H3,(H,28,37)(H,29,31,36). The second-order valence-electron chi connectivity index (χ2n) is 8.65. The first-order chi connectivity index (χ1) is 20.7. The number of aromatic nitrogens is 5. The summed E-state index contributed by atoms with van der Waals surface area (Å²) in [5.74, 6) is 0.703. The third-order valence-corrected chi connectivity index (χ3v) is 11.3. The molecule has 4 rings (SSSR count). The molecule has 4 aromatic rings. The summed E-state index contributed by atoms with van der Waals surface area (Å²) in [5, 5.41) is 23.1. The van der Waals surface area contributed by atoms with E-state index >= 15 is 0 Å². The van der Waals surface area contributed by atoms with Gasteiger partial charge in [-0.3, -0.25) is 19.5 Å². The number of hydrogen-bond acceptors (Lipinski definition) is 11. The van der Waals surface area contributed by atoms with Crippen molar-refractivity contribution < 1.29 is 18.0 Å². The molecule has 2 amide bonds. The summed E-state index contributed by atoms with van der Waals surface area (Å²) < 4.78 is 30.3. The van der Waals surface area contributed by atoms with E-state index in [2.05, 4.69) is 47.0 Å². The number of carbonyl (C=O) groups is 2. The van der Waals surface area contributed by atoms with Crippen molar-refractivity contribution in [2.75, 3.05) is 29.9 Å². The second kappa shape index (κ2) is 15.3. The van der Waals surface area contributed by atoms with E-state index in [0.717, 1.165) is 20.3 Å². The average molecular weight is 726 g/mol. The van der Waals surface area contributed by atoms with E-state index in [9.17, 15) is 18.0 Å². The van der Waals surface area contributed by atoms with Gasteiger partial charge in [0.25, 0.3) is 5.91 Å². The zero-order chi connectivity index (χ0) is 31.0. The van der Waals surface area contributed by atoms with Crippen LogP contribution in [0, 0.1) is 0 Å². The molecule has 0 fully saturated rings. The van der Waals surface area contributed by atoms with Gasteiger partial charge in [-0.2, -0.15) is 4.31 Å². The fourth-order valence-electron chi connectivity index (χ4n) is 3.84. The third kappa shape index (κ3) is 8.42. The molecule has 0 aliphatic rings. The van der Waals surface area contributed by atoms with Crippen LogP contribution in [0.5, 0.6) is 0 Å². The molecule has 0 radical (unpaired) electrons. The Morgan fingerprint density at radius 3 is 2.30 bits per heavy atom. The Labute approximate surface area is 270 Å². The Morgan fingerprint density at radius 1 is 0.953 bits per heavy atom. The minimum atomic E-state index is -3.63. The van der Waals surface area contributed by atoms with Crippen molar-refractivity contribution in [3.63, 3.8) is 0 Å². The lowest BCUT2D eigenvalue weighted by Gasteiger charge is -2.18. The van der Waals surface area contributed by atoms with Gasteiger partial charge >= 0.3 is 0 Å². The largest absolute Gasteiger partial charge is 0.345 e. The lowest BCUT2D eigenvalue weighted by atomic mass is 10.2. The highest BCUT2D eigenvalue weighted by Gasteiger charge is 2.22. The zero-order valence-electron chi connectivity index (χ0n) is 23.5. The topological polar surface area (TPSA) is 152 Å². The van der Waals surface area contributed by atoms with Crippen LogP contribution in [0.25, 0.3) is 5.69 Å². The molecule has 0 aliphatic carbocycles. The number of benzene rings is 2. The van der Waals surface area contributed by atoms with Gasteiger partial charge in [0, 0.05) is 28.8 Å². The molecule has 2 aromatic carbocycles. The molecule has 12 nitrogen and oxygen atoms in total. The van der Waals surface area contributed by atoms with Crippen molar-refractivity contribution in [1.82, 2.24) is 34.6 Å². The van der Waals surface area contributed by atoms with Crippen molar-refractivity contribution in [3.05, 3.63) is 64.4 Å². The highest BCUT2D eigenvalue weighted by Crippen LogP contribution is 2.27. The van der Waals surface area contributed by atoms with E-state index in [-0.39, 0.29) is 23.1 Å². The number of hydrogen-bond donors (Lipinski definition) is 2. The first kappa shape index (κ1) is 33.1. The van der Waals surface area contributed by atoms with Crippen molar-refractivity contribution in [1.29, 1.82) is 0 Å². The lowest BCUT2D eigenvalue weighted by Crippen LogP contribution is -2.30. The molecule has 0 spiro atoms. The average Bonchev–Trinajstić information content (AvgIpc) is 3.62. The summed E-state index contributed by atoms with van der Waals surface area (Å²) in [6, 6.07) is 13.3. The summed E-state index contributed by atoms with van der Waals surface area (Å²) >= 11 is 7.50. The van der Waals surface area contributed by atoms with Gasteiger partial charge in [0.1, 0.15) is 0 Å². The van der Waals surface area contributed by atoms with Crippen molar-refractivity contribution in [2.24, 2.45) is 0 Å². The molecule has 2 heterocycles. The Bertz CT molecular complexity index is 1660. The van der Waals surface area contributed by atoms with Crippen LogP contribution in [0.3, 0.4) is 0 Å². The Balaban J connectivity index is 1.46. The number of sulfonamides is 1. The van der Waals surface area contributed by atoms with Crippen LogP contribution < -0.4 is 10.6 Å². The molecule has 0 atom stereocenters. The van der Waals surface area contributed by atoms with Gasteiger partial charge in [0.15, 0.2) is 15.3 Å². The molecule has 0 bridgehead atoms. The molecule has 0 aliphatic heterocycles. The number of carbonyl (C=O) groups excluding carboxylic acids is 2. The van der Waals surface area contributed by atoms with Gasteiger partial charge in [-0.15, -0.1) is 20.4 Å². The van der Waals surface area contributed by atoms with Gasteiger partial charge < -0.3 is 5.32 Å². The molecule has 2 aromatic heterocycles. The minimum absolute atomic E-state index is 0.0385. The van der Waals surface area contributed by atoms with Gasteiger partial charge in [0.05, 0.1) is 17.2 Å². The minimum Gasteiger partial charge on any atom is -0.345 e. The van der Waals surface area contributed by atoms with Crippen LogP contribution in [0.4, 0.5) is 5.13 Å². The molecule has 0 unspecified atom stereocenters. The first-order valence-electron chi connectivity index (χ1n) is 13.1. The fraction of sp³-hybridized carbons (Fsp3) is 0.308. The van der Waals surface area contributed by atoms with E-state index in [4.69, 9.17) is 0 Å². The van der Waals surface area contributed by atoms with Crippen LogP contribution >= 0.6 is 50.8 Å². The quantitative estimate of drug-likeness (QED) is 0.139. The predicted molar refractivity (Wildman–Crippen MR) is 172 cm³/mol.